The van der Waals surface area contributed by atoms with Crippen LogP contribution in [0.1, 0.15) is 25.3 Å². The van der Waals surface area contributed by atoms with Crippen molar-refractivity contribution >= 4 is 11.6 Å². The average Bonchev–Trinajstić information content (AvgIpc) is 2.82. The molecule has 0 unspecified atom stereocenters. The predicted octanol–water partition coefficient (Wildman–Crippen LogP) is 3.47. The molecule has 2 aromatic rings. The fraction of sp³-hybridized carbons (Fsp3) is 0.417. The number of benzene rings is 2. The van der Waals surface area contributed by atoms with Crippen LogP contribution in [0.15, 0.2) is 42.5 Å². The topological polar surface area (TPSA) is 75.0 Å². The van der Waals surface area contributed by atoms with Crippen molar-refractivity contribution < 1.29 is 19.0 Å². The van der Waals surface area contributed by atoms with Crippen molar-refractivity contribution in [1.82, 2.24) is 4.90 Å². The molecule has 0 aliphatic carbocycles. The molecule has 1 saturated heterocycles. The van der Waals surface area contributed by atoms with Gasteiger partial charge in [-0.3, -0.25) is 4.79 Å². The molecule has 2 aromatic carbocycles. The minimum absolute atomic E-state index is 0.154. The maximum absolute atomic E-state index is 12.6. The zero-order valence-electron chi connectivity index (χ0n) is 18.2. The van der Waals surface area contributed by atoms with Crippen molar-refractivity contribution in [1.29, 1.82) is 5.26 Å². The summed E-state index contributed by atoms with van der Waals surface area (Å²) in [6, 6.07) is 15.2. The fourth-order valence-electron chi connectivity index (χ4n) is 3.55. The summed E-state index contributed by atoms with van der Waals surface area (Å²) < 4.78 is 16.5. The number of hydrogen-bond acceptors (Lipinski definition) is 6. The second-order valence-electron chi connectivity index (χ2n) is 7.22. The van der Waals surface area contributed by atoms with Crippen LogP contribution >= 0.6 is 0 Å². The lowest BCUT2D eigenvalue weighted by Crippen LogP contribution is -2.48. The van der Waals surface area contributed by atoms with E-state index in [-0.39, 0.29) is 5.91 Å². The van der Waals surface area contributed by atoms with Crippen molar-refractivity contribution in [3.8, 4) is 23.3 Å². The molecule has 0 spiro atoms. The van der Waals surface area contributed by atoms with Gasteiger partial charge in [0.15, 0.2) is 11.5 Å². The van der Waals surface area contributed by atoms with E-state index in [2.05, 4.69) is 23.1 Å². The molecular weight excluding hydrogens is 394 g/mol. The van der Waals surface area contributed by atoms with Gasteiger partial charge in [-0.25, -0.2) is 0 Å². The van der Waals surface area contributed by atoms with E-state index in [1.165, 1.54) is 0 Å². The molecule has 31 heavy (non-hydrogen) atoms. The number of rotatable bonds is 9. The highest BCUT2D eigenvalue weighted by molar-refractivity contribution is 5.76. The second-order valence-corrected chi connectivity index (χ2v) is 7.22. The van der Waals surface area contributed by atoms with Gasteiger partial charge in [0.1, 0.15) is 5.75 Å². The van der Waals surface area contributed by atoms with Crippen LogP contribution in [0, 0.1) is 11.3 Å². The SMILES string of the molecule is CCOc1ccc(N2CCN(C(=O)CCCOc3ccc(C#N)cc3OC)CC2)cc1. The third-order valence-corrected chi connectivity index (χ3v) is 5.23. The van der Waals surface area contributed by atoms with Gasteiger partial charge in [0.2, 0.25) is 5.91 Å². The number of carbonyl (C=O) groups excluding carboxylic acids is 1. The number of hydrogen-bond donors (Lipinski definition) is 0. The lowest BCUT2D eigenvalue weighted by Gasteiger charge is -2.36. The number of amides is 1. The monoisotopic (exact) mass is 423 g/mol. The molecule has 1 fully saturated rings. The summed E-state index contributed by atoms with van der Waals surface area (Å²) >= 11 is 0. The maximum atomic E-state index is 12.6. The van der Waals surface area contributed by atoms with Gasteiger partial charge < -0.3 is 24.0 Å². The van der Waals surface area contributed by atoms with Gasteiger partial charge in [-0.2, -0.15) is 5.26 Å². The standard InChI is InChI=1S/C24H29N3O4/c1-3-30-21-9-7-20(8-10-21)26-12-14-27(15-13-26)24(28)5-4-16-31-22-11-6-19(18-25)17-23(22)29-2/h6-11,17H,3-5,12-16H2,1-2H3. The summed E-state index contributed by atoms with van der Waals surface area (Å²) in [6.07, 6.45) is 1.07. The summed E-state index contributed by atoms with van der Waals surface area (Å²) in [7, 11) is 1.54. The molecule has 3 rings (SSSR count). The molecule has 1 heterocycles. The predicted molar refractivity (Wildman–Crippen MR) is 119 cm³/mol. The molecule has 1 aliphatic heterocycles. The Morgan fingerprint density at radius 3 is 2.42 bits per heavy atom. The molecule has 0 aromatic heterocycles. The van der Waals surface area contributed by atoms with E-state index in [0.29, 0.717) is 43.1 Å². The van der Waals surface area contributed by atoms with Crippen LogP contribution in [-0.2, 0) is 4.79 Å². The zero-order chi connectivity index (χ0) is 22.1. The average molecular weight is 424 g/mol. The molecule has 0 N–H and O–H groups in total. The van der Waals surface area contributed by atoms with Gasteiger partial charge in [-0.05, 0) is 49.7 Å². The first-order valence-electron chi connectivity index (χ1n) is 10.6. The highest BCUT2D eigenvalue weighted by Crippen LogP contribution is 2.28. The van der Waals surface area contributed by atoms with Gasteiger partial charge in [0.05, 0.1) is 32.0 Å². The van der Waals surface area contributed by atoms with Crippen molar-refractivity contribution in [2.75, 3.05) is 51.4 Å². The quantitative estimate of drug-likeness (QED) is 0.575. The van der Waals surface area contributed by atoms with Crippen LogP contribution < -0.4 is 19.1 Å². The molecule has 1 amide bonds. The Bertz CT molecular complexity index is 900. The molecule has 7 heteroatoms. The molecule has 1 aliphatic rings. The maximum Gasteiger partial charge on any atom is 0.222 e. The first-order valence-corrected chi connectivity index (χ1v) is 10.6. The third kappa shape index (κ3) is 6.05. The summed E-state index contributed by atoms with van der Waals surface area (Å²) in [5, 5.41) is 8.96. The number of carbonyl (C=O) groups is 1. The van der Waals surface area contributed by atoms with Gasteiger partial charge in [0, 0.05) is 44.4 Å². The normalized spacial score (nSPS) is 13.5. The van der Waals surface area contributed by atoms with E-state index in [1.807, 2.05) is 24.0 Å². The molecule has 7 nitrogen and oxygen atoms in total. The third-order valence-electron chi connectivity index (χ3n) is 5.23. The van der Waals surface area contributed by atoms with E-state index >= 15 is 0 Å². The van der Waals surface area contributed by atoms with E-state index in [4.69, 9.17) is 19.5 Å². The first-order chi connectivity index (χ1) is 15.1. The number of anilines is 1. The number of piperazine rings is 1. The number of ether oxygens (including phenoxy) is 3. The van der Waals surface area contributed by atoms with Crippen molar-refractivity contribution in [2.24, 2.45) is 0 Å². The summed E-state index contributed by atoms with van der Waals surface area (Å²) in [4.78, 5) is 16.8. The Morgan fingerprint density at radius 2 is 1.77 bits per heavy atom. The highest BCUT2D eigenvalue weighted by atomic mass is 16.5. The Hall–Kier alpha value is -3.40. The van der Waals surface area contributed by atoms with Crippen molar-refractivity contribution in [2.45, 2.75) is 19.8 Å². The Morgan fingerprint density at radius 1 is 1.03 bits per heavy atom. The molecule has 0 atom stereocenters. The fourth-order valence-corrected chi connectivity index (χ4v) is 3.55. The molecular formula is C24H29N3O4. The van der Waals surface area contributed by atoms with Crippen LogP contribution in [0.5, 0.6) is 17.2 Å². The number of nitrogens with zero attached hydrogens (tertiary/aromatic N) is 3. The molecule has 0 bridgehead atoms. The molecule has 0 radical (unpaired) electrons. The zero-order valence-corrected chi connectivity index (χ0v) is 18.2. The van der Waals surface area contributed by atoms with E-state index in [0.717, 1.165) is 37.6 Å². The minimum Gasteiger partial charge on any atom is -0.494 e. The highest BCUT2D eigenvalue weighted by Gasteiger charge is 2.21. The van der Waals surface area contributed by atoms with Crippen molar-refractivity contribution in [3.05, 3.63) is 48.0 Å². The van der Waals surface area contributed by atoms with Crippen LogP contribution in [0.4, 0.5) is 5.69 Å². The summed E-state index contributed by atoms with van der Waals surface area (Å²) in [5.74, 6) is 2.14. The minimum atomic E-state index is 0.154. The van der Waals surface area contributed by atoms with Gasteiger partial charge >= 0.3 is 0 Å². The summed E-state index contributed by atoms with van der Waals surface area (Å²) in [6.45, 7) is 6.12. The first kappa shape index (κ1) is 22.3. The van der Waals surface area contributed by atoms with E-state index in [9.17, 15) is 4.79 Å². The van der Waals surface area contributed by atoms with Crippen molar-refractivity contribution in [3.63, 3.8) is 0 Å². The van der Waals surface area contributed by atoms with Gasteiger partial charge in [-0.1, -0.05) is 0 Å². The number of methoxy groups -OCH3 is 1. The largest absolute Gasteiger partial charge is 0.494 e. The van der Waals surface area contributed by atoms with E-state index in [1.54, 1.807) is 25.3 Å². The van der Waals surface area contributed by atoms with Crippen LogP contribution in [-0.4, -0.2) is 57.3 Å². The van der Waals surface area contributed by atoms with Crippen LogP contribution in [0.2, 0.25) is 0 Å². The number of nitriles is 1. The molecule has 0 saturated carbocycles. The van der Waals surface area contributed by atoms with Crippen LogP contribution in [0.3, 0.4) is 0 Å². The lowest BCUT2D eigenvalue weighted by atomic mass is 10.2. The Labute approximate surface area is 183 Å². The van der Waals surface area contributed by atoms with Crippen LogP contribution in [0.25, 0.3) is 0 Å². The summed E-state index contributed by atoms with van der Waals surface area (Å²) in [5.41, 5.74) is 1.67. The second kappa shape index (κ2) is 11.1. The Kier molecular flexibility index (Phi) is 7.99. The molecule has 164 valence electrons. The lowest BCUT2D eigenvalue weighted by molar-refractivity contribution is -0.131. The van der Waals surface area contributed by atoms with E-state index < -0.39 is 0 Å². The Balaban J connectivity index is 1.40. The van der Waals surface area contributed by atoms with Gasteiger partial charge in [-0.15, -0.1) is 0 Å². The smallest absolute Gasteiger partial charge is 0.222 e. The van der Waals surface area contributed by atoms with Gasteiger partial charge in [0.25, 0.3) is 0 Å².